The molecule has 1 heterocycles. The van der Waals surface area contributed by atoms with Crippen LogP contribution in [0.25, 0.3) is 0 Å². The average Bonchev–Trinajstić information content (AvgIpc) is 2.22. The van der Waals surface area contributed by atoms with Crippen LogP contribution in [-0.4, -0.2) is 4.98 Å². The van der Waals surface area contributed by atoms with Crippen molar-refractivity contribution >= 4 is 29.0 Å². The van der Waals surface area contributed by atoms with Crippen LogP contribution in [0.15, 0.2) is 24.0 Å². The molecule has 0 saturated heterocycles. The second-order valence-corrected chi connectivity index (χ2v) is 3.25. The Morgan fingerprint density at radius 2 is 2.07 bits per heavy atom. The van der Waals surface area contributed by atoms with E-state index in [1.54, 1.807) is 12.1 Å². The lowest BCUT2D eigenvalue weighted by molar-refractivity contribution is 1.30. The highest BCUT2D eigenvalue weighted by atomic mass is 35.5. The van der Waals surface area contributed by atoms with Gasteiger partial charge in [0, 0.05) is 12.4 Å². The van der Waals surface area contributed by atoms with Crippen LogP contribution in [0.5, 0.6) is 0 Å². The molecule has 15 heavy (non-hydrogen) atoms. The molecule has 1 rings (SSSR count). The highest BCUT2D eigenvalue weighted by molar-refractivity contribution is 6.35. The molecular formula is C9H4Cl2N4. The summed E-state index contributed by atoms with van der Waals surface area (Å²) in [4.78, 5) is 3.88. The average molecular weight is 239 g/mol. The van der Waals surface area contributed by atoms with Crippen molar-refractivity contribution in [2.45, 2.75) is 0 Å². The Labute approximate surface area is 96.4 Å². The fraction of sp³-hybridized carbons (Fsp3) is 0. The molecule has 1 N–H and O–H groups in total. The lowest BCUT2D eigenvalue weighted by Crippen LogP contribution is -1.93. The van der Waals surface area contributed by atoms with Crippen molar-refractivity contribution in [1.82, 2.24) is 4.98 Å². The molecule has 0 fully saturated rings. The molecule has 0 aliphatic carbocycles. The minimum absolute atomic E-state index is 0.0668. The van der Waals surface area contributed by atoms with Crippen molar-refractivity contribution in [3.8, 4) is 12.1 Å². The Bertz CT molecular complexity index is 466. The summed E-state index contributed by atoms with van der Waals surface area (Å²) < 4.78 is 0. The van der Waals surface area contributed by atoms with Gasteiger partial charge in [-0.15, -0.1) is 0 Å². The first-order chi connectivity index (χ1) is 7.17. The van der Waals surface area contributed by atoms with Gasteiger partial charge in [0.05, 0.1) is 10.0 Å². The van der Waals surface area contributed by atoms with Crippen LogP contribution >= 0.6 is 23.2 Å². The second kappa shape index (κ2) is 5.21. The largest absolute Gasteiger partial charge is 0.343 e. The maximum Gasteiger partial charge on any atom is 0.148 e. The third-order valence-electron chi connectivity index (χ3n) is 1.40. The molecule has 1 aromatic heterocycles. The van der Waals surface area contributed by atoms with Gasteiger partial charge >= 0.3 is 0 Å². The number of halogens is 2. The normalized spacial score (nSPS) is 8.53. The molecule has 0 saturated carbocycles. The first-order valence-corrected chi connectivity index (χ1v) is 4.51. The predicted molar refractivity (Wildman–Crippen MR) is 57.2 cm³/mol. The first kappa shape index (κ1) is 11.3. The van der Waals surface area contributed by atoms with Crippen LogP contribution in [-0.2, 0) is 0 Å². The number of hydrogen-bond donors (Lipinski definition) is 1. The van der Waals surface area contributed by atoms with Crippen molar-refractivity contribution < 1.29 is 0 Å². The Kier molecular flexibility index (Phi) is 3.93. The second-order valence-electron chi connectivity index (χ2n) is 2.41. The van der Waals surface area contributed by atoms with Crippen LogP contribution in [0.3, 0.4) is 0 Å². The number of aromatic nitrogens is 1. The summed E-state index contributed by atoms with van der Waals surface area (Å²) in [5, 5.41) is 20.3. The Morgan fingerprint density at radius 3 is 2.60 bits per heavy atom. The van der Waals surface area contributed by atoms with E-state index in [2.05, 4.69) is 10.3 Å². The third-order valence-corrected chi connectivity index (χ3v) is 1.90. The van der Waals surface area contributed by atoms with Gasteiger partial charge in [0.2, 0.25) is 0 Å². The molecule has 0 radical (unpaired) electrons. The molecule has 0 amide bonds. The van der Waals surface area contributed by atoms with Crippen molar-refractivity contribution in [3.63, 3.8) is 0 Å². The van der Waals surface area contributed by atoms with E-state index in [-0.39, 0.29) is 5.57 Å². The maximum absolute atomic E-state index is 8.46. The third kappa shape index (κ3) is 3.14. The number of nitrogens with one attached hydrogen (secondary N) is 1. The zero-order valence-corrected chi connectivity index (χ0v) is 8.84. The molecule has 0 aromatic carbocycles. The van der Waals surface area contributed by atoms with Crippen molar-refractivity contribution in [2.75, 3.05) is 5.32 Å². The van der Waals surface area contributed by atoms with E-state index in [1.165, 1.54) is 18.5 Å². The van der Waals surface area contributed by atoms with E-state index >= 15 is 0 Å². The Hall–Kier alpha value is -1.75. The molecule has 0 bridgehead atoms. The van der Waals surface area contributed by atoms with Gasteiger partial charge in [-0.25, -0.2) is 4.98 Å². The fourth-order valence-electron chi connectivity index (χ4n) is 0.751. The molecule has 0 aliphatic rings. The lowest BCUT2D eigenvalue weighted by Gasteiger charge is -2.01. The molecule has 4 nitrogen and oxygen atoms in total. The van der Waals surface area contributed by atoms with Gasteiger partial charge in [-0.05, 0) is 6.07 Å². The summed E-state index contributed by atoms with van der Waals surface area (Å²) in [6.45, 7) is 0. The predicted octanol–water partition coefficient (Wildman–Crippen LogP) is 2.73. The molecular weight excluding hydrogens is 235 g/mol. The Morgan fingerprint density at radius 1 is 1.40 bits per heavy atom. The van der Waals surface area contributed by atoms with Gasteiger partial charge in [-0.2, -0.15) is 10.5 Å². The van der Waals surface area contributed by atoms with E-state index in [4.69, 9.17) is 33.7 Å². The SMILES string of the molecule is N#CC(C#N)=CNc1ncc(Cl)cc1Cl. The molecule has 0 spiro atoms. The van der Waals surface area contributed by atoms with Gasteiger partial charge in [0.1, 0.15) is 23.5 Å². The molecule has 0 unspecified atom stereocenters. The molecule has 6 heteroatoms. The highest BCUT2D eigenvalue weighted by Crippen LogP contribution is 2.22. The van der Waals surface area contributed by atoms with Gasteiger partial charge in [-0.3, -0.25) is 0 Å². The van der Waals surface area contributed by atoms with E-state index in [0.717, 1.165) is 0 Å². The fourth-order valence-corrected chi connectivity index (χ4v) is 1.19. The standard InChI is InChI=1S/C9H4Cl2N4/c10-7-1-8(11)9(15-5-7)14-4-6(2-12)3-13/h1,4-5H,(H,14,15). The van der Waals surface area contributed by atoms with E-state index in [9.17, 15) is 0 Å². The van der Waals surface area contributed by atoms with Crippen molar-refractivity contribution in [2.24, 2.45) is 0 Å². The number of allylic oxidation sites excluding steroid dienone is 1. The zero-order valence-electron chi connectivity index (χ0n) is 7.33. The van der Waals surface area contributed by atoms with Gasteiger partial charge in [0.25, 0.3) is 0 Å². The number of anilines is 1. The number of nitriles is 2. The molecule has 1 aromatic rings. The Balaban J connectivity index is 2.89. The number of rotatable bonds is 2. The first-order valence-electron chi connectivity index (χ1n) is 3.75. The number of pyridine rings is 1. The van der Waals surface area contributed by atoms with Gasteiger partial charge in [-0.1, -0.05) is 23.2 Å². The summed E-state index contributed by atoms with van der Waals surface area (Å²) >= 11 is 11.4. The summed E-state index contributed by atoms with van der Waals surface area (Å²) in [5.41, 5.74) is -0.0668. The summed E-state index contributed by atoms with van der Waals surface area (Å²) in [6, 6.07) is 4.89. The number of hydrogen-bond acceptors (Lipinski definition) is 4. The van der Waals surface area contributed by atoms with Crippen LogP contribution < -0.4 is 5.32 Å². The zero-order chi connectivity index (χ0) is 11.3. The summed E-state index contributed by atoms with van der Waals surface area (Å²) in [7, 11) is 0. The van der Waals surface area contributed by atoms with E-state index in [0.29, 0.717) is 15.9 Å². The van der Waals surface area contributed by atoms with E-state index < -0.39 is 0 Å². The van der Waals surface area contributed by atoms with Crippen LogP contribution in [0.4, 0.5) is 5.82 Å². The molecule has 0 atom stereocenters. The van der Waals surface area contributed by atoms with Crippen LogP contribution in [0.1, 0.15) is 0 Å². The smallest absolute Gasteiger partial charge is 0.148 e. The van der Waals surface area contributed by atoms with Gasteiger partial charge < -0.3 is 5.32 Å². The minimum atomic E-state index is -0.0668. The summed E-state index contributed by atoms with van der Waals surface area (Å²) in [6.07, 6.45) is 2.63. The van der Waals surface area contributed by atoms with Crippen molar-refractivity contribution in [1.29, 1.82) is 10.5 Å². The molecule has 0 aliphatic heterocycles. The van der Waals surface area contributed by atoms with Crippen molar-refractivity contribution in [3.05, 3.63) is 34.1 Å². The monoisotopic (exact) mass is 238 g/mol. The van der Waals surface area contributed by atoms with Crippen LogP contribution in [0, 0.1) is 22.7 Å². The highest BCUT2D eigenvalue weighted by Gasteiger charge is 2.01. The number of nitrogens with zero attached hydrogens (tertiary/aromatic N) is 3. The van der Waals surface area contributed by atoms with E-state index in [1.807, 2.05) is 0 Å². The topological polar surface area (TPSA) is 72.5 Å². The molecule has 74 valence electrons. The van der Waals surface area contributed by atoms with Gasteiger partial charge in [0.15, 0.2) is 0 Å². The van der Waals surface area contributed by atoms with Crippen LogP contribution in [0.2, 0.25) is 10.0 Å². The minimum Gasteiger partial charge on any atom is -0.343 e. The quantitative estimate of drug-likeness (QED) is 0.805. The summed E-state index contributed by atoms with van der Waals surface area (Å²) in [5.74, 6) is 0.337. The maximum atomic E-state index is 8.46. The lowest BCUT2D eigenvalue weighted by atomic mass is 10.3.